The Balaban J connectivity index is 4.41. The highest BCUT2D eigenvalue weighted by atomic mass is 17.3. The molecule has 0 aliphatic heterocycles. The number of carbonyl (C=O) groups is 1. The second-order valence-corrected chi connectivity index (χ2v) is 6.49. The van der Waals surface area contributed by atoms with Gasteiger partial charge in [-0.2, -0.15) is 9.78 Å². The minimum absolute atomic E-state index is 0.185. The lowest BCUT2D eigenvalue weighted by Gasteiger charge is -2.24. The molecule has 0 radical (unpaired) electrons. The third kappa shape index (κ3) is 11.1. The van der Waals surface area contributed by atoms with Gasteiger partial charge in [-0.25, -0.2) is 9.78 Å². The molecular weight excluding hydrogens is 248 g/mol. The molecule has 0 aliphatic carbocycles. The van der Waals surface area contributed by atoms with Crippen LogP contribution in [0.4, 0.5) is 0 Å². The molecule has 114 valence electrons. The zero-order valence-electron chi connectivity index (χ0n) is 13.2. The zero-order chi connectivity index (χ0) is 15.1. The lowest BCUT2D eigenvalue weighted by molar-refractivity contribution is -0.483. The van der Waals surface area contributed by atoms with Crippen LogP contribution < -0.4 is 0 Å². The average molecular weight is 276 g/mol. The van der Waals surface area contributed by atoms with E-state index in [9.17, 15) is 4.79 Å². The predicted octanol–water partition coefficient (Wildman–Crippen LogP) is 3.57. The van der Waals surface area contributed by atoms with Gasteiger partial charge in [0.25, 0.3) is 6.29 Å². The topological polar surface area (TPSA) is 54.0 Å². The van der Waals surface area contributed by atoms with Crippen LogP contribution in [0.5, 0.6) is 0 Å². The second-order valence-electron chi connectivity index (χ2n) is 6.49. The van der Waals surface area contributed by atoms with E-state index >= 15 is 0 Å². The fraction of sp³-hybridized carbons (Fsp3) is 0.929. The molecule has 0 unspecified atom stereocenters. The molecule has 0 amide bonds. The first-order chi connectivity index (χ1) is 8.55. The Labute approximate surface area is 116 Å². The van der Waals surface area contributed by atoms with Gasteiger partial charge in [0.1, 0.15) is 0 Å². The minimum Gasteiger partial charge on any atom is -0.294 e. The number of hydrogen-bond acceptors (Lipinski definition) is 5. The average Bonchev–Trinajstić information content (AvgIpc) is 2.23. The summed E-state index contributed by atoms with van der Waals surface area (Å²) in [7, 11) is 0. The van der Waals surface area contributed by atoms with E-state index in [1.165, 1.54) is 0 Å². The Bertz CT molecular complexity index is 244. The van der Waals surface area contributed by atoms with Crippen LogP contribution in [-0.2, 0) is 24.3 Å². The molecule has 0 aliphatic rings. The van der Waals surface area contributed by atoms with E-state index in [0.717, 1.165) is 12.8 Å². The van der Waals surface area contributed by atoms with Crippen molar-refractivity contribution in [2.45, 2.75) is 85.2 Å². The van der Waals surface area contributed by atoms with Crippen LogP contribution in [0.3, 0.4) is 0 Å². The smallest absolute Gasteiger partial charge is 0.281 e. The summed E-state index contributed by atoms with van der Waals surface area (Å²) >= 11 is 0. The molecule has 0 aromatic heterocycles. The number of hydrogen-bond donors (Lipinski definition) is 0. The maximum Gasteiger partial charge on any atom is 0.281 e. The van der Waals surface area contributed by atoms with Crippen LogP contribution in [0.15, 0.2) is 0 Å². The first kappa shape index (κ1) is 18.5. The third-order valence-corrected chi connectivity index (χ3v) is 1.81. The Kier molecular flexibility index (Phi) is 7.74. The van der Waals surface area contributed by atoms with Crippen molar-refractivity contribution in [3.8, 4) is 0 Å². The lowest BCUT2D eigenvalue weighted by Crippen LogP contribution is -2.34. The summed E-state index contributed by atoms with van der Waals surface area (Å²) in [5.41, 5.74) is -1.04. The third-order valence-electron chi connectivity index (χ3n) is 1.81. The van der Waals surface area contributed by atoms with Crippen LogP contribution in [0, 0.1) is 0 Å². The minimum atomic E-state index is -1.15. The Morgan fingerprint density at radius 3 is 1.68 bits per heavy atom. The number of Topliss-reactive ketones (excluding diaryl/α,β-unsaturated/α-hetero) is 1. The standard InChI is InChI=1S/C14H28O5/c1-8-9-10-11(15)12(16-18-13(2,3)4)17-19-14(5,6)7/h12H,8-10H2,1-7H3. The summed E-state index contributed by atoms with van der Waals surface area (Å²) in [5.74, 6) is -0.185. The van der Waals surface area contributed by atoms with E-state index in [1.807, 2.05) is 48.5 Å². The van der Waals surface area contributed by atoms with E-state index in [0.29, 0.717) is 6.42 Å². The van der Waals surface area contributed by atoms with Gasteiger partial charge in [-0.15, -0.1) is 0 Å². The molecule has 0 heterocycles. The fourth-order valence-corrected chi connectivity index (χ4v) is 0.968. The van der Waals surface area contributed by atoms with Gasteiger partial charge < -0.3 is 0 Å². The molecule has 0 saturated carbocycles. The van der Waals surface area contributed by atoms with Gasteiger partial charge >= 0.3 is 0 Å². The van der Waals surface area contributed by atoms with Crippen molar-refractivity contribution in [2.75, 3.05) is 0 Å². The normalized spacial score (nSPS) is 13.1. The van der Waals surface area contributed by atoms with Crippen molar-refractivity contribution in [1.29, 1.82) is 0 Å². The van der Waals surface area contributed by atoms with E-state index < -0.39 is 17.5 Å². The molecule has 0 spiro atoms. The predicted molar refractivity (Wildman–Crippen MR) is 72.2 cm³/mol. The van der Waals surface area contributed by atoms with Gasteiger partial charge in [0, 0.05) is 6.42 Å². The summed E-state index contributed by atoms with van der Waals surface area (Å²) in [6.45, 7) is 13.0. The molecule has 0 bridgehead atoms. The largest absolute Gasteiger partial charge is 0.294 e. The molecular formula is C14H28O5. The highest BCUT2D eigenvalue weighted by Crippen LogP contribution is 2.15. The van der Waals surface area contributed by atoms with E-state index in [2.05, 4.69) is 0 Å². The van der Waals surface area contributed by atoms with Crippen molar-refractivity contribution < 1.29 is 24.3 Å². The maximum absolute atomic E-state index is 11.9. The number of ketones is 1. The van der Waals surface area contributed by atoms with Gasteiger partial charge in [-0.1, -0.05) is 13.3 Å². The van der Waals surface area contributed by atoms with Crippen LogP contribution >= 0.6 is 0 Å². The first-order valence-electron chi connectivity index (χ1n) is 6.77. The first-order valence-corrected chi connectivity index (χ1v) is 6.77. The van der Waals surface area contributed by atoms with Gasteiger partial charge in [0.05, 0.1) is 11.2 Å². The fourth-order valence-electron chi connectivity index (χ4n) is 0.968. The summed E-state index contributed by atoms with van der Waals surface area (Å²) < 4.78 is 0. The molecule has 5 heteroatoms. The molecule has 0 saturated heterocycles. The van der Waals surface area contributed by atoms with Crippen molar-refractivity contribution >= 4 is 5.78 Å². The van der Waals surface area contributed by atoms with E-state index in [-0.39, 0.29) is 5.78 Å². The molecule has 0 rings (SSSR count). The van der Waals surface area contributed by atoms with Crippen molar-refractivity contribution in [3.05, 3.63) is 0 Å². The van der Waals surface area contributed by atoms with Gasteiger partial charge in [-0.05, 0) is 48.0 Å². The number of unbranched alkanes of at least 4 members (excludes halogenated alkanes) is 1. The highest BCUT2D eigenvalue weighted by Gasteiger charge is 2.27. The summed E-state index contributed by atoms with van der Waals surface area (Å²) in [4.78, 5) is 32.3. The molecule has 0 aromatic rings. The van der Waals surface area contributed by atoms with Gasteiger partial charge in [0.2, 0.25) is 0 Å². The van der Waals surface area contributed by atoms with E-state index in [1.54, 1.807) is 0 Å². The molecule has 0 aromatic carbocycles. The monoisotopic (exact) mass is 276 g/mol. The van der Waals surface area contributed by atoms with Crippen molar-refractivity contribution in [2.24, 2.45) is 0 Å². The maximum atomic E-state index is 11.9. The molecule has 0 N–H and O–H groups in total. The molecule has 5 nitrogen and oxygen atoms in total. The van der Waals surface area contributed by atoms with Crippen LogP contribution in [0.1, 0.15) is 67.7 Å². The zero-order valence-corrected chi connectivity index (χ0v) is 13.2. The van der Waals surface area contributed by atoms with Crippen LogP contribution in [-0.4, -0.2) is 23.3 Å². The quantitative estimate of drug-likeness (QED) is 0.385. The Morgan fingerprint density at radius 1 is 0.947 bits per heavy atom. The Hall–Kier alpha value is -0.490. The van der Waals surface area contributed by atoms with Crippen molar-refractivity contribution in [3.63, 3.8) is 0 Å². The summed E-state index contributed by atoms with van der Waals surface area (Å²) in [6.07, 6.45) is 0.943. The second kappa shape index (κ2) is 7.94. The number of carbonyl (C=O) groups excluding carboxylic acids is 1. The van der Waals surface area contributed by atoms with E-state index in [4.69, 9.17) is 19.6 Å². The van der Waals surface area contributed by atoms with Gasteiger partial charge in [-0.3, -0.25) is 4.79 Å². The van der Waals surface area contributed by atoms with Gasteiger partial charge in [0.15, 0.2) is 5.78 Å². The molecule has 19 heavy (non-hydrogen) atoms. The molecule has 0 atom stereocenters. The lowest BCUT2D eigenvalue weighted by atomic mass is 10.2. The SMILES string of the molecule is CCCCC(=O)C(OOC(C)(C)C)OOC(C)(C)C. The molecule has 0 fully saturated rings. The van der Waals surface area contributed by atoms with Crippen molar-refractivity contribution in [1.82, 2.24) is 0 Å². The van der Waals surface area contributed by atoms with Crippen LogP contribution in [0.2, 0.25) is 0 Å². The highest BCUT2D eigenvalue weighted by molar-refractivity contribution is 5.81. The Morgan fingerprint density at radius 2 is 1.37 bits per heavy atom. The summed E-state index contributed by atoms with van der Waals surface area (Å²) in [6, 6.07) is 0. The number of rotatable bonds is 8. The summed E-state index contributed by atoms with van der Waals surface area (Å²) in [5, 5.41) is 0. The van der Waals surface area contributed by atoms with Crippen LogP contribution in [0.25, 0.3) is 0 Å².